The third-order valence-corrected chi connectivity index (χ3v) is 4.33. The minimum Gasteiger partial charge on any atom is -0.258 e. The molecule has 0 aliphatic heterocycles. The molecule has 0 aliphatic rings. The van der Waals surface area contributed by atoms with E-state index in [0.29, 0.717) is 5.75 Å². The maximum atomic E-state index is 10.8. The van der Waals surface area contributed by atoms with Gasteiger partial charge in [-0.15, -0.1) is 11.3 Å². The van der Waals surface area contributed by atoms with Gasteiger partial charge in [-0.05, 0) is 6.92 Å². The number of thiazole rings is 1. The SMILES string of the molecule is Cc1csc(SCc2ccccc2[N+](=O)[O-])n1. The number of nitrogens with zero attached hydrogens (tertiary/aromatic N) is 2. The summed E-state index contributed by atoms with van der Waals surface area (Å²) in [5.74, 6) is 0.574. The van der Waals surface area contributed by atoms with Crippen LogP contribution in [0.5, 0.6) is 0 Å². The molecule has 0 saturated carbocycles. The Morgan fingerprint density at radius 1 is 1.47 bits per heavy atom. The molecule has 0 bridgehead atoms. The van der Waals surface area contributed by atoms with Crippen molar-refractivity contribution in [1.82, 2.24) is 4.98 Å². The van der Waals surface area contributed by atoms with Crippen molar-refractivity contribution in [2.45, 2.75) is 17.0 Å². The fourth-order valence-electron chi connectivity index (χ4n) is 1.35. The topological polar surface area (TPSA) is 56.0 Å². The Kier molecular flexibility index (Phi) is 3.75. The van der Waals surface area contributed by atoms with E-state index in [-0.39, 0.29) is 10.6 Å². The van der Waals surface area contributed by atoms with E-state index in [9.17, 15) is 10.1 Å². The Morgan fingerprint density at radius 3 is 2.88 bits per heavy atom. The molecule has 0 radical (unpaired) electrons. The first kappa shape index (κ1) is 12.1. The van der Waals surface area contributed by atoms with Crippen molar-refractivity contribution >= 4 is 28.8 Å². The Hall–Kier alpha value is -1.40. The van der Waals surface area contributed by atoms with Crippen LogP contribution in [0.4, 0.5) is 5.69 Å². The lowest BCUT2D eigenvalue weighted by Gasteiger charge is -2.00. The summed E-state index contributed by atoms with van der Waals surface area (Å²) in [7, 11) is 0. The molecule has 1 heterocycles. The van der Waals surface area contributed by atoms with Gasteiger partial charge in [0.2, 0.25) is 0 Å². The van der Waals surface area contributed by atoms with Crippen molar-refractivity contribution in [2.24, 2.45) is 0 Å². The zero-order valence-electron chi connectivity index (χ0n) is 9.12. The summed E-state index contributed by atoms with van der Waals surface area (Å²) in [6.45, 7) is 1.94. The number of nitro groups is 1. The van der Waals surface area contributed by atoms with E-state index in [1.807, 2.05) is 18.4 Å². The van der Waals surface area contributed by atoms with Crippen molar-refractivity contribution < 1.29 is 4.92 Å². The summed E-state index contributed by atoms with van der Waals surface area (Å²) < 4.78 is 0.945. The highest BCUT2D eigenvalue weighted by molar-refractivity contribution is 8.00. The van der Waals surface area contributed by atoms with E-state index >= 15 is 0 Å². The zero-order chi connectivity index (χ0) is 12.3. The predicted molar refractivity (Wildman–Crippen MR) is 69.5 cm³/mol. The van der Waals surface area contributed by atoms with Gasteiger partial charge in [-0.25, -0.2) is 4.98 Å². The molecule has 88 valence electrons. The third-order valence-electron chi connectivity index (χ3n) is 2.14. The monoisotopic (exact) mass is 266 g/mol. The summed E-state index contributed by atoms with van der Waals surface area (Å²) in [5, 5.41) is 12.8. The number of aryl methyl sites for hydroxylation is 1. The molecule has 0 N–H and O–H groups in total. The van der Waals surface area contributed by atoms with Crippen molar-refractivity contribution in [2.75, 3.05) is 0 Å². The molecule has 0 atom stereocenters. The predicted octanol–water partition coefficient (Wildman–Crippen LogP) is 3.65. The number of hydrogen-bond donors (Lipinski definition) is 0. The van der Waals surface area contributed by atoms with Crippen molar-refractivity contribution in [3.63, 3.8) is 0 Å². The van der Waals surface area contributed by atoms with E-state index < -0.39 is 0 Å². The first-order valence-electron chi connectivity index (χ1n) is 4.94. The van der Waals surface area contributed by atoms with Crippen molar-refractivity contribution in [1.29, 1.82) is 0 Å². The number of nitro benzene ring substituents is 1. The second-order valence-corrected chi connectivity index (χ2v) is 5.51. The van der Waals surface area contributed by atoms with Crippen LogP contribution >= 0.6 is 23.1 Å². The fraction of sp³-hybridized carbons (Fsp3) is 0.182. The molecule has 17 heavy (non-hydrogen) atoms. The normalized spacial score (nSPS) is 10.4. The molecule has 0 unspecified atom stereocenters. The summed E-state index contributed by atoms with van der Waals surface area (Å²) in [6, 6.07) is 6.81. The highest BCUT2D eigenvalue weighted by Crippen LogP contribution is 2.29. The van der Waals surface area contributed by atoms with Gasteiger partial charge in [0.15, 0.2) is 0 Å². The Bertz CT molecular complexity index is 540. The van der Waals surface area contributed by atoms with Gasteiger partial charge in [-0.3, -0.25) is 10.1 Å². The van der Waals surface area contributed by atoms with Gasteiger partial charge in [0, 0.05) is 28.5 Å². The van der Waals surface area contributed by atoms with Gasteiger partial charge >= 0.3 is 0 Å². The minimum absolute atomic E-state index is 0.174. The molecule has 1 aromatic heterocycles. The van der Waals surface area contributed by atoms with Crippen LogP contribution in [-0.2, 0) is 5.75 Å². The molecule has 6 heteroatoms. The molecular weight excluding hydrogens is 256 g/mol. The summed E-state index contributed by atoms with van der Waals surface area (Å²) in [5.41, 5.74) is 1.89. The summed E-state index contributed by atoms with van der Waals surface area (Å²) in [6.07, 6.45) is 0. The number of hydrogen-bond acceptors (Lipinski definition) is 5. The van der Waals surface area contributed by atoms with Crippen LogP contribution in [0.15, 0.2) is 34.0 Å². The van der Waals surface area contributed by atoms with E-state index in [4.69, 9.17) is 0 Å². The van der Waals surface area contributed by atoms with E-state index in [1.165, 1.54) is 17.8 Å². The van der Waals surface area contributed by atoms with E-state index in [0.717, 1.165) is 15.6 Å². The molecule has 2 rings (SSSR count). The van der Waals surface area contributed by atoms with Crippen LogP contribution in [0.2, 0.25) is 0 Å². The fourth-order valence-corrected chi connectivity index (χ4v) is 3.19. The van der Waals surface area contributed by atoms with Crippen LogP contribution in [0.1, 0.15) is 11.3 Å². The Morgan fingerprint density at radius 2 is 2.24 bits per heavy atom. The smallest absolute Gasteiger partial charge is 0.258 e. The number of rotatable bonds is 4. The highest BCUT2D eigenvalue weighted by atomic mass is 32.2. The van der Waals surface area contributed by atoms with E-state index in [1.54, 1.807) is 23.5 Å². The molecule has 2 aromatic rings. The molecular formula is C11H10N2O2S2. The summed E-state index contributed by atoms with van der Waals surface area (Å²) in [4.78, 5) is 14.8. The quantitative estimate of drug-likeness (QED) is 0.481. The maximum absolute atomic E-state index is 10.8. The number of thioether (sulfide) groups is 1. The molecule has 0 spiro atoms. The first-order valence-corrected chi connectivity index (χ1v) is 6.80. The molecule has 1 aromatic carbocycles. The minimum atomic E-state index is -0.344. The lowest BCUT2D eigenvalue weighted by Crippen LogP contribution is -1.93. The molecule has 4 nitrogen and oxygen atoms in total. The molecule has 0 aliphatic carbocycles. The Balaban J connectivity index is 2.11. The molecule has 0 fully saturated rings. The van der Waals surface area contributed by atoms with Crippen LogP contribution < -0.4 is 0 Å². The highest BCUT2D eigenvalue weighted by Gasteiger charge is 2.12. The van der Waals surface area contributed by atoms with Crippen LogP contribution in [-0.4, -0.2) is 9.91 Å². The second-order valence-electron chi connectivity index (χ2n) is 3.43. The Labute approximate surface area is 107 Å². The van der Waals surface area contributed by atoms with Gasteiger partial charge in [-0.2, -0.15) is 0 Å². The van der Waals surface area contributed by atoms with Gasteiger partial charge in [0.05, 0.1) is 4.92 Å². The largest absolute Gasteiger partial charge is 0.273 e. The van der Waals surface area contributed by atoms with E-state index in [2.05, 4.69) is 4.98 Å². The molecule has 0 amide bonds. The van der Waals surface area contributed by atoms with Gasteiger partial charge < -0.3 is 0 Å². The number of benzene rings is 1. The average Bonchev–Trinajstić information content (AvgIpc) is 2.73. The third kappa shape index (κ3) is 3.04. The number of para-hydroxylation sites is 1. The summed E-state index contributed by atoms with van der Waals surface area (Å²) >= 11 is 3.09. The average molecular weight is 266 g/mol. The standard InChI is InChI=1S/C11H10N2O2S2/c1-8-6-16-11(12-8)17-7-9-4-2-3-5-10(9)13(14)15/h2-6H,7H2,1H3. The van der Waals surface area contributed by atoms with Gasteiger partial charge in [-0.1, -0.05) is 30.0 Å². The maximum Gasteiger partial charge on any atom is 0.273 e. The van der Waals surface area contributed by atoms with Gasteiger partial charge in [0.25, 0.3) is 5.69 Å². The lowest BCUT2D eigenvalue weighted by molar-refractivity contribution is -0.385. The first-order chi connectivity index (χ1) is 8.16. The second kappa shape index (κ2) is 5.29. The van der Waals surface area contributed by atoms with Crippen LogP contribution in [0, 0.1) is 17.0 Å². The van der Waals surface area contributed by atoms with Crippen LogP contribution in [0.3, 0.4) is 0 Å². The zero-order valence-corrected chi connectivity index (χ0v) is 10.8. The van der Waals surface area contributed by atoms with Gasteiger partial charge in [0.1, 0.15) is 4.34 Å². The van der Waals surface area contributed by atoms with Crippen LogP contribution in [0.25, 0.3) is 0 Å². The van der Waals surface area contributed by atoms with Crippen molar-refractivity contribution in [3.05, 3.63) is 51.0 Å². The lowest BCUT2D eigenvalue weighted by atomic mass is 10.2. The van der Waals surface area contributed by atoms with Crippen molar-refractivity contribution in [3.8, 4) is 0 Å². The molecule has 0 saturated heterocycles. The number of aromatic nitrogens is 1.